The number of hydrogen-bond donors (Lipinski definition) is 0. The van der Waals surface area contributed by atoms with Gasteiger partial charge in [0.25, 0.3) is 0 Å². The molecule has 0 radical (unpaired) electrons. The lowest BCUT2D eigenvalue weighted by Gasteiger charge is -2.33. The number of likely N-dealkylation sites (tertiary alicyclic amines) is 1. The highest BCUT2D eigenvalue weighted by molar-refractivity contribution is 5.05. The van der Waals surface area contributed by atoms with Crippen LogP contribution in [0.5, 0.6) is 0 Å². The Bertz CT molecular complexity index is 387. The van der Waals surface area contributed by atoms with E-state index in [2.05, 4.69) is 17.9 Å². The maximum absolute atomic E-state index is 5.92. The van der Waals surface area contributed by atoms with Crippen LogP contribution in [0.4, 0.5) is 0 Å². The number of fused-ring (bicyclic) bond motifs is 1. The molecule has 3 atom stereocenters. The third kappa shape index (κ3) is 2.40. The van der Waals surface area contributed by atoms with E-state index in [-0.39, 0.29) is 0 Å². The van der Waals surface area contributed by atoms with Crippen molar-refractivity contribution >= 4 is 0 Å². The van der Waals surface area contributed by atoms with Crippen molar-refractivity contribution in [1.82, 2.24) is 4.90 Å². The molecule has 0 N–H and O–H groups in total. The van der Waals surface area contributed by atoms with Gasteiger partial charge in [-0.2, -0.15) is 0 Å². The summed E-state index contributed by atoms with van der Waals surface area (Å²) in [5.41, 5.74) is 0. The lowest BCUT2D eigenvalue weighted by atomic mass is 9.93. The van der Waals surface area contributed by atoms with Crippen LogP contribution < -0.4 is 0 Å². The summed E-state index contributed by atoms with van der Waals surface area (Å²) in [5.74, 6) is 2.83. The first-order valence-corrected chi connectivity index (χ1v) is 6.64. The van der Waals surface area contributed by atoms with Crippen molar-refractivity contribution in [3.8, 4) is 0 Å². The molecule has 2 aliphatic rings. The summed E-state index contributed by atoms with van der Waals surface area (Å²) in [5, 5.41) is 0. The predicted molar refractivity (Wildman–Crippen MR) is 65.8 cm³/mol. The second-order valence-corrected chi connectivity index (χ2v) is 5.52. The van der Waals surface area contributed by atoms with Gasteiger partial charge in [0.15, 0.2) is 0 Å². The van der Waals surface area contributed by atoms with Crippen molar-refractivity contribution in [2.75, 3.05) is 13.1 Å². The van der Waals surface area contributed by atoms with Gasteiger partial charge in [-0.05, 0) is 38.8 Å². The topological polar surface area (TPSA) is 25.6 Å². The number of piperidine rings is 1. The van der Waals surface area contributed by atoms with E-state index in [4.69, 9.17) is 9.15 Å². The fourth-order valence-electron chi connectivity index (χ4n) is 3.21. The zero-order valence-electron chi connectivity index (χ0n) is 10.7. The molecule has 3 nitrogen and oxygen atoms in total. The van der Waals surface area contributed by atoms with Crippen LogP contribution in [0.3, 0.4) is 0 Å². The maximum Gasteiger partial charge on any atom is 0.118 e. The van der Waals surface area contributed by atoms with Crippen molar-refractivity contribution < 1.29 is 9.15 Å². The van der Waals surface area contributed by atoms with Gasteiger partial charge in [0.1, 0.15) is 11.5 Å². The highest BCUT2D eigenvalue weighted by Gasteiger charge is 2.37. The van der Waals surface area contributed by atoms with Gasteiger partial charge in [-0.1, -0.05) is 0 Å². The van der Waals surface area contributed by atoms with Gasteiger partial charge in [0, 0.05) is 19.0 Å². The smallest absolute Gasteiger partial charge is 0.118 e. The van der Waals surface area contributed by atoms with E-state index in [1.807, 2.05) is 13.0 Å². The van der Waals surface area contributed by atoms with Crippen molar-refractivity contribution in [2.45, 2.75) is 45.4 Å². The van der Waals surface area contributed by atoms with Gasteiger partial charge < -0.3 is 9.15 Å². The minimum Gasteiger partial charge on any atom is -0.465 e. The average molecular weight is 235 g/mol. The number of hydrogen-bond acceptors (Lipinski definition) is 3. The zero-order valence-corrected chi connectivity index (χ0v) is 10.7. The second-order valence-electron chi connectivity index (χ2n) is 5.52. The molecule has 1 aromatic rings. The summed E-state index contributed by atoms with van der Waals surface area (Å²) in [7, 11) is 0. The maximum atomic E-state index is 5.92. The predicted octanol–water partition coefficient (Wildman–Crippen LogP) is 2.59. The van der Waals surface area contributed by atoms with Crippen LogP contribution in [0.25, 0.3) is 0 Å². The molecule has 0 amide bonds. The Morgan fingerprint density at radius 1 is 1.41 bits per heavy atom. The summed E-state index contributed by atoms with van der Waals surface area (Å²) >= 11 is 0. The van der Waals surface area contributed by atoms with Crippen LogP contribution in [0.2, 0.25) is 0 Å². The lowest BCUT2D eigenvalue weighted by molar-refractivity contribution is 0.00461. The van der Waals surface area contributed by atoms with E-state index in [1.54, 1.807) is 0 Å². The van der Waals surface area contributed by atoms with Crippen LogP contribution in [0.15, 0.2) is 16.5 Å². The van der Waals surface area contributed by atoms with Gasteiger partial charge in [0.2, 0.25) is 0 Å². The number of rotatable bonds is 2. The monoisotopic (exact) mass is 235 g/mol. The van der Waals surface area contributed by atoms with Crippen molar-refractivity contribution in [3.05, 3.63) is 23.7 Å². The molecule has 0 aromatic carbocycles. The molecular weight excluding hydrogens is 214 g/mol. The minimum atomic E-state index is 0.454. The molecule has 3 heteroatoms. The molecule has 0 saturated carbocycles. The molecule has 0 bridgehead atoms. The first kappa shape index (κ1) is 11.3. The Hall–Kier alpha value is -0.800. The fraction of sp³-hybridized carbons (Fsp3) is 0.714. The molecule has 3 heterocycles. The quantitative estimate of drug-likeness (QED) is 0.788. The highest BCUT2D eigenvalue weighted by Crippen LogP contribution is 2.33. The van der Waals surface area contributed by atoms with Gasteiger partial charge in [-0.25, -0.2) is 0 Å². The van der Waals surface area contributed by atoms with Crippen molar-refractivity contribution in [3.63, 3.8) is 0 Å². The number of nitrogens with zero attached hydrogens (tertiary/aromatic N) is 1. The molecule has 0 spiro atoms. The number of furan rings is 1. The van der Waals surface area contributed by atoms with Gasteiger partial charge >= 0.3 is 0 Å². The first-order valence-electron chi connectivity index (χ1n) is 6.64. The molecule has 2 saturated heterocycles. The van der Waals surface area contributed by atoms with E-state index in [1.165, 1.54) is 12.8 Å². The Morgan fingerprint density at radius 3 is 3.06 bits per heavy atom. The third-order valence-corrected chi connectivity index (χ3v) is 3.97. The van der Waals surface area contributed by atoms with Crippen molar-refractivity contribution in [2.24, 2.45) is 5.92 Å². The first-order chi connectivity index (χ1) is 8.20. The van der Waals surface area contributed by atoms with E-state index >= 15 is 0 Å². The van der Waals surface area contributed by atoms with Crippen LogP contribution in [0, 0.1) is 12.8 Å². The van der Waals surface area contributed by atoms with Crippen LogP contribution in [-0.2, 0) is 11.3 Å². The summed E-state index contributed by atoms with van der Waals surface area (Å²) in [6.07, 6.45) is 3.36. The average Bonchev–Trinajstić information content (AvgIpc) is 2.83. The summed E-state index contributed by atoms with van der Waals surface area (Å²) in [6.45, 7) is 7.44. The number of aryl methyl sites for hydroxylation is 1. The van der Waals surface area contributed by atoms with E-state index < -0.39 is 0 Å². The lowest BCUT2D eigenvalue weighted by Crippen LogP contribution is -2.40. The third-order valence-electron chi connectivity index (χ3n) is 3.97. The summed E-state index contributed by atoms with van der Waals surface area (Å²) in [4.78, 5) is 2.50. The van der Waals surface area contributed by atoms with Gasteiger partial charge in [0.05, 0.1) is 18.8 Å². The minimum absolute atomic E-state index is 0.454. The van der Waals surface area contributed by atoms with Gasteiger partial charge in [-0.3, -0.25) is 4.90 Å². The zero-order chi connectivity index (χ0) is 11.8. The Morgan fingerprint density at radius 2 is 2.29 bits per heavy atom. The number of ether oxygens (including phenoxy) is 1. The molecule has 94 valence electrons. The van der Waals surface area contributed by atoms with Crippen LogP contribution in [-0.4, -0.2) is 30.2 Å². The Labute approximate surface area is 103 Å². The molecule has 0 unspecified atom stereocenters. The molecule has 2 fully saturated rings. The normalized spacial score (nSPS) is 33.9. The van der Waals surface area contributed by atoms with Crippen LogP contribution in [0.1, 0.15) is 31.3 Å². The van der Waals surface area contributed by atoms with Crippen LogP contribution >= 0.6 is 0 Å². The van der Waals surface area contributed by atoms with Gasteiger partial charge in [-0.15, -0.1) is 0 Å². The highest BCUT2D eigenvalue weighted by atomic mass is 16.5. The van der Waals surface area contributed by atoms with E-state index in [9.17, 15) is 0 Å². The standard InChI is InChI=1S/C14H21NO2/c1-10-3-4-13(16-10)9-15-6-5-14-12(8-15)7-11(2)17-14/h3-4,11-12,14H,5-9H2,1-2H3/t11-,12-,14-/m0/s1. The molecule has 1 aromatic heterocycles. The van der Waals surface area contributed by atoms with E-state index in [0.29, 0.717) is 12.2 Å². The molecular formula is C14H21NO2. The molecule has 2 aliphatic heterocycles. The SMILES string of the molecule is Cc1ccc(CN2CC[C@@H]3O[C@@H](C)C[C@H]3C2)o1. The molecule has 3 rings (SSSR count). The molecule has 17 heavy (non-hydrogen) atoms. The van der Waals surface area contributed by atoms with E-state index in [0.717, 1.165) is 37.1 Å². The van der Waals surface area contributed by atoms with Crippen molar-refractivity contribution in [1.29, 1.82) is 0 Å². The second kappa shape index (κ2) is 4.46. The largest absolute Gasteiger partial charge is 0.465 e. The molecule has 0 aliphatic carbocycles. The Balaban J connectivity index is 1.59. The Kier molecular flexibility index (Phi) is 2.97. The fourth-order valence-corrected chi connectivity index (χ4v) is 3.21. The summed E-state index contributed by atoms with van der Waals surface area (Å²) in [6, 6.07) is 4.14. The summed E-state index contributed by atoms with van der Waals surface area (Å²) < 4.78 is 11.6.